The van der Waals surface area contributed by atoms with E-state index in [4.69, 9.17) is 37.0 Å². The average Bonchev–Trinajstić information content (AvgIpc) is 1.04. The number of aliphatic hydroxyl groups is 1. The average molecular weight is 1440 g/mol. The van der Waals surface area contributed by atoms with Crippen LogP contribution in [0.1, 0.15) is 402 Å². The number of ether oxygens (including phenoxy) is 4. The molecule has 0 spiro atoms. The van der Waals surface area contributed by atoms with Crippen LogP contribution in [0, 0.1) is 23.7 Å². The second-order valence-electron chi connectivity index (χ2n) is 30.4. The fourth-order valence-corrected chi connectivity index (χ4v) is 13.7. The zero-order valence-electron chi connectivity index (χ0n) is 64.4. The number of phosphoric ester groups is 2. The number of phosphoric acid groups is 2. The Morgan fingerprint density at radius 3 is 0.633 bits per heavy atom. The minimum absolute atomic E-state index is 0.104. The van der Waals surface area contributed by atoms with Gasteiger partial charge < -0.3 is 33.8 Å². The van der Waals surface area contributed by atoms with Gasteiger partial charge in [-0.25, -0.2) is 9.13 Å². The molecule has 5 atom stereocenters. The van der Waals surface area contributed by atoms with E-state index in [-0.39, 0.29) is 25.7 Å². The normalized spacial score (nSPS) is 14.1. The minimum Gasteiger partial charge on any atom is -0.462 e. The van der Waals surface area contributed by atoms with Gasteiger partial charge in [0.05, 0.1) is 26.4 Å². The molecule has 0 saturated heterocycles. The Labute approximate surface area is 600 Å². The highest BCUT2D eigenvalue weighted by atomic mass is 31.2. The lowest BCUT2D eigenvalue weighted by Gasteiger charge is -2.21. The topological polar surface area (TPSA) is 237 Å². The van der Waals surface area contributed by atoms with Crippen LogP contribution < -0.4 is 0 Å². The van der Waals surface area contributed by atoms with Crippen LogP contribution >= 0.6 is 15.6 Å². The lowest BCUT2D eigenvalue weighted by molar-refractivity contribution is -0.161. The summed E-state index contributed by atoms with van der Waals surface area (Å²) in [4.78, 5) is 72.8. The molecule has 0 bridgehead atoms. The summed E-state index contributed by atoms with van der Waals surface area (Å²) in [6.07, 6.45) is 54.4. The van der Waals surface area contributed by atoms with Crippen molar-refractivity contribution in [2.45, 2.75) is 420 Å². The van der Waals surface area contributed by atoms with Crippen molar-refractivity contribution in [3.05, 3.63) is 0 Å². The minimum atomic E-state index is -4.96. The first-order chi connectivity index (χ1) is 47.1. The Bertz CT molecular complexity index is 1920. The number of carbonyl (C=O) groups is 4. The van der Waals surface area contributed by atoms with Crippen molar-refractivity contribution < 1.29 is 80.2 Å². The molecule has 0 aromatic carbocycles. The lowest BCUT2D eigenvalue weighted by Crippen LogP contribution is -2.30. The van der Waals surface area contributed by atoms with Crippen molar-refractivity contribution in [1.82, 2.24) is 0 Å². The summed E-state index contributed by atoms with van der Waals surface area (Å²) in [6.45, 7) is 14.2. The zero-order chi connectivity index (χ0) is 72.4. The molecule has 0 heterocycles. The van der Waals surface area contributed by atoms with Crippen molar-refractivity contribution in [3.8, 4) is 0 Å². The summed E-state index contributed by atoms with van der Waals surface area (Å²) in [7, 11) is -9.92. The molecule has 0 rings (SSSR count). The molecule has 0 aliphatic rings. The molecule has 98 heavy (non-hydrogen) atoms. The third-order valence-electron chi connectivity index (χ3n) is 18.3. The lowest BCUT2D eigenvalue weighted by atomic mass is 10.0. The van der Waals surface area contributed by atoms with Crippen molar-refractivity contribution >= 4 is 39.5 Å². The van der Waals surface area contributed by atoms with Gasteiger partial charge in [0.2, 0.25) is 0 Å². The van der Waals surface area contributed by atoms with Crippen molar-refractivity contribution in [3.63, 3.8) is 0 Å². The number of aliphatic hydroxyl groups excluding tert-OH is 1. The molecule has 0 saturated carbocycles. The largest absolute Gasteiger partial charge is 0.472 e. The van der Waals surface area contributed by atoms with E-state index < -0.39 is 97.5 Å². The first-order valence-corrected chi connectivity index (χ1v) is 43.7. The predicted octanol–water partition coefficient (Wildman–Crippen LogP) is 23.2. The van der Waals surface area contributed by atoms with E-state index in [0.29, 0.717) is 37.5 Å². The highest BCUT2D eigenvalue weighted by molar-refractivity contribution is 7.47. The number of hydrogen-bond acceptors (Lipinski definition) is 15. The second-order valence-corrected chi connectivity index (χ2v) is 33.3. The van der Waals surface area contributed by atoms with Gasteiger partial charge in [0.25, 0.3) is 0 Å². The van der Waals surface area contributed by atoms with Crippen LogP contribution in [0.3, 0.4) is 0 Å². The smallest absolute Gasteiger partial charge is 0.462 e. The molecule has 0 aromatic rings. The summed E-state index contributed by atoms with van der Waals surface area (Å²) >= 11 is 0. The third-order valence-corrected chi connectivity index (χ3v) is 20.2. The molecule has 0 amide bonds. The first kappa shape index (κ1) is 96.1. The van der Waals surface area contributed by atoms with E-state index in [2.05, 4.69) is 55.4 Å². The molecular formula is C79H154O17P2. The van der Waals surface area contributed by atoms with Gasteiger partial charge in [0.1, 0.15) is 19.3 Å². The summed E-state index contributed by atoms with van der Waals surface area (Å²) < 4.78 is 68.6. The van der Waals surface area contributed by atoms with Gasteiger partial charge in [-0.2, -0.15) is 0 Å². The van der Waals surface area contributed by atoms with Crippen LogP contribution in [0.2, 0.25) is 0 Å². The van der Waals surface area contributed by atoms with Crippen LogP contribution in [0.5, 0.6) is 0 Å². The van der Waals surface area contributed by atoms with Gasteiger partial charge in [-0.15, -0.1) is 0 Å². The molecule has 0 aliphatic heterocycles. The Balaban J connectivity index is 5.15. The first-order valence-electron chi connectivity index (χ1n) is 40.7. The number of esters is 4. The summed E-state index contributed by atoms with van der Waals surface area (Å²) in [5, 5.41) is 10.6. The molecule has 3 N–H and O–H groups in total. The van der Waals surface area contributed by atoms with E-state index in [1.807, 2.05) is 0 Å². The van der Waals surface area contributed by atoms with Crippen LogP contribution in [-0.2, 0) is 65.4 Å². The van der Waals surface area contributed by atoms with Gasteiger partial charge in [-0.1, -0.05) is 351 Å². The van der Waals surface area contributed by atoms with E-state index in [0.717, 1.165) is 108 Å². The highest BCUT2D eigenvalue weighted by Crippen LogP contribution is 2.45. The maximum atomic E-state index is 13.1. The van der Waals surface area contributed by atoms with E-state index >= 15 is 0 Å². The summed E-state index contributed by atoms with van der Waals surface area (Å²) in [6, 6.07) is 0. The monoisotopic (exact) mass is 1440 g/mol. The number of unbranched alkanes of at least 4 members (excludes halogenated alkanes) is 42. The van der Waals surface area contributed by atoms with Crippen molar-refractivity contribution in [1.29, 1.82) is 0 Å². The Morgan fingerprint density at radius 2 is 0.429 bits per heavy atom. The third kappa shape index (κ3) is 72.4. The quantitative estimate of drug-likeness (QED) is 0.0222. The van der Waals surface area contributed by atoms with Crippen LogP contribution in [0.25, 0.3) is 0 Å². The van der Waals surface area contributed by atoms with E-state index in [1.165, 1.54) is 199 Å². The maximum Gasteiger partial charge on any atom is 0.472 e. The molecular weight excluding hydrogens is 1280 g/mol. The fourth-order valence-electron chi connectivity index (χ4n) is 12.1. The van der Waals surface area contributed by atoms with Gasteiger partial charge in [0.15, 0.2) is 12.2 Å². The van der Waals surface area contributed by atoms with Crippen LogP contribution in [0.4, 0.5) is 0 Å². The van der Waals surface area contributed by atoms with E-state index in [9.17, 15) is 43.2 Å². The molecule has 0 aromatic heterocycles. The van der Waals surface area contributed by atoms with Crippen molar-refractivity contribution in [2.24, 2.45) is 23.7 Å². The van der Waals surface area contributed by atoms with Crippen molar-refractivity contribution in [2.75, 3.05) is 39.6 Å². The number of hydrogen-bond donors (Lipinski definition) is 3. The van der Waals surface area contributed by atoms with Gasteiger partial charge >= 0.3 is 39.5 Å². The van der Waals surface area contributed by atoms with Crippen LogP contribution in [-0.4, -0.2) is 96.7 Å². The zero-order valence-corrected chi connectivity index (χ0v) is 66.2. The Kier molecular flexibility index (Phi) is 66.8. The Morgan fingerprint density at radius 1 is 0.255 bits per heavy atom. The second kappa shape index (κ2) is 68.2. The molecule has 0 fully saturated rings. The number of carbonyl (C=O) groups excluding carboxylic acids is 4. The van der Waals surface area contributed by atoms with Gasteiger partial charge in [0, 0.05) is 25.7 Å². The molecule has 0 radical (unpaired) electrons. The van der Waals surface area contributed by atoms with Gasteiger partial charge in [-0.05, 0) is 49.4 Å². The molecule has 19 heteroatoms. The van der Waals surface area contributed by atoms with Gasteiger partial charge in [-0.3, -0.25) is 37.3 Å². The maximum absolute atomic E-state index is 13.1. The predicted molar refractivity (Wildman–Crippen MR) is 400 cm³/mol. The molecule has 3 unspecified atom stereocenters. The fraction of sp³-hybridized carbons (Fsp3) is 0.949. The SMILES string of the molecule is CC(C)CCCCCCCCCCCCCCCCCCC(=O)OC[C@H](COP(=O)(O)OCC(O)COP(=O)(O)OC[C@@H](COC(=O)CCCCCCCCCC(C)C)OC(=O)CCCCCCCCCCCCCCCCCCC(C)C)OC(=O)CCCCCCCCCC(C)C. The van der Waals surface area contributed by atoms with E-state index in [1.54, 1.807) is 0 Å². The highest BCUT2D eigenvalue weighted by Gasteiger charge is 2.30. The molecule has 582 valence electrons. The Hall–Kier alpha value is -1.94. The summed E-state index contributed by atoms with van der Waals surface area (Å²) in [5.74, 6) is 0.902. The van der Waals surface area contributed by atoms with Crippen LogP contribution in [0.15, 0.2) is 0 Å². The summed E-state index contributed by atoms with van der Waals surface area (Å²) in [5.41, 5.74) is 0. The standard InChI is InChI=1S/C79H154O17P2/c1-69(2)55-47-39-31-25-21-17-13-9-11-15-19-23-27-35-43-51-59-76(81)89-65-75(96-79(84)62-54-46-38-30-34-42-50-58-72(7)8)68-94-98(87,88)92-64-73(80)63-91-97(85,86)93-67-74(66-90-77(82)60-52-44-37-29-33-41-49-57-71(5)6)95-78(83)61-53-45-36-28-24-20-16-12-10-14-18-22-26-32-40-48-56-70(3)4/h69-75,80H,9-68H2,1-8H3,(H,85,86)(H,87,88)/t73?,74-,75-/m1/s1. The number of rotatable bonds is 76. The molecule has 17 nitrogen and oxygen atoms in total. The molecule has 0 aliphatic carbocycles.